The second-order valence-electron chi connectivity index (χ2n) is 13.0. The van der Waals surface area contributed by atoms with E-state index >= 15 is 0 Å². The van der Waals surface area contributed by atoms with Gasteiger partial charge in [-0.3, -0.25) is 0 Å². The number of rotatable bonds is 8. The van der Waals surface area contributed by atoms with Crippen LogP contribution in [0.4, 0.5) is 17.6 Å². The molecule has 0 spiro atoms. The summed E-state index contributed by atoms with van der Waals surface area (Å²) in [6.07, 6.45) is 16.1. The Morgan fingerprint density at radius 3 is 1.57 bits per heavy atom. The molecule has 0 amide bonds. The molecule has 0 unspecified atom stereocenters. The van der Waals surface area contributed by atoms with Crippen LogP contribution in [0.5, 0.6) is 5.75 Å². The van der Waals surface area contributed by atoms with E-state index in [9.17, 15) is 17.6 Å². The second-order valence-corrected chi connectivity index (χ2v) is 13.0. The lowest BCUT2D eigenvalue weighted by atomic mass is 9.67. The van der Waals surface area contributed by atoms with Crippen LogP contribution >= 0.6 is 0 Å². The maximum atomic E-state index is 14.7. The fraction of sp³-hybridized carbons (Fsp3) is 0.657. The molecule has 40 heavy (non-hydrogen) atoms. The average Bonchev–Trinajstić information content (AvgIpc) is 2.98. The third kappa shape index (κ3) is 6.54. The van der Waals surface area contributed by atoms with Crippen molar-refractivity contribution in [2.45, 2.75) is 116 Å². The molecule has 2 aromatic rings. The monoisotopic (exact) mass is 558 g/mol. The lowest BCUT2D eigenvalue weighted by Crippen LogP contribution is -2.26. The van der Waals surface area contributed by atoms with E-state index in [1.807, 2.05) is 0 Å². The van der Waals surface area contributed by atoms with Crippen molar-refractivity contribution in [2.24, 2.45) is 23.7 Å². The van der Waals surface area contributed by atoms with Crippen molar-refractivity contribution in [3.05, 3.63) is 64.2 Å². The number of benzene rings is 2. The molecule has 0 N–H and O–H groups in total. The van der Waals surface area contributed by atoms with Gasteiger partial charge in [-0.05, 0) is 136 Å². The van der Waals surface area contributed by atoms with Gasteiger partial charge >= 0.3 is 0 Å². The minimum atomic E-state index is -0.844. The summed E-state index contributed by atoms with van der Waals surface area (Å²) in [6, 6.07) is 6.82. The van der Waals surface area contributed by atoms with Crippen molar-refractivity contribution < 1.29 is 22.3 Å². The Morgan fingerprint density at radius 1 is 0.575 bits per heavy atom. The Balaban J connectivity index is 1.02. The smallest absolute Gasteiger partial charge is 0.200 e. The Labute approximate surface area is 238 Å². The number of ether oxygens (including phenoxy) is 1. The molecule has 3 fully saturated rings. The summed E-state index contributed by atoms with van der Waals surface area (Å²) in [4.78, 5) is 0. The summed E-state index contributed by atoms with van der Waals surface area (Å²) in [5.74, 6) is 0.418. The summed E-state index contributed by atoms with van der Waals surface area (Å²) >= 11 is 0. The van der Waals surface area contributed by atoms with Gasteiger partial charge in [-0.2, -0.15) is 4.39 Å². The average molecular weight is 559 g/mol. The van der Waals surface area contributed by atoms with E-state index in [1.54, 1.807) is 38.1 Å². The first-order valence-electron chi connectivity index (χ1n) is 15.9. The van der Waals surface area contributed by atoms with Gasteiger partial charge in [-0.1, -0.05) is 43.9 Å². The molecule has 3 aliphatic carbocycles. The largest absolute Gasteiger partial charge is 0.491 e. The zero-order chi connectivity index (χ0) is 28.2. The summed E-state index contributed by atoms with van der Waals surface area (Å²) in [5.41, 5.74) is 1.48. The highest BCUT2D eigenvalue weighted by atomic mass is 19.2. The number of hydrogen-bond donors (Lipinski definition) is 0. The highest BCUT2D eigenvalue weighted by Crippen LogP contribution is 2.46. The molecule has 3 aliphatic rings. The zero-order valence-corrected chi connectivity index (χ0v) is 24.3. The molecule has 2 aromatic carbocycles. The molecule has 0 atom stereocenters. The molecule has 0 saturated heterocycles. The van der Waals surface area contributed by atoms with Gasteiger partial charge in [0.2, 0.25) is 5.82 Å². The van der Waals surface area contributed by atoms with E-state index < -0.39 is 23.3 Å². The van der Waals surface area contributed by atoms with Gasteiger partial charge in [0.25, 0.3) is 0 Å². The third-order valence-electron chi connectivity index (χ3n) is 10.7. The second kappa shape index (κ2) is 13.3. The first-order valence-corrected chi connectivity index (χ1v) is 15.9. The Morgan fingerprint density at radius 2 is 1.02 bits per heavy atom. The molecule has 3 saturated carbocycles. The molecular formula is C35H46F4O. The predicted molar refractivity (Wildman–Crippen MR) is 153 cm³/mol. The predicted octanol–water partition coefficient (Wildman–Crippen LogP) is 10.8. The normalized spacial score (nSPS) is 29.4. The molecule has 1 nitrogen and oxygen atoms in total. The van der Waals surface area contributed by atoms with Crippen LogP contribution in [-0.4, -0.2) is 6.61 Å². The van der Waals surface area contributed by atoms with E-state index in [0.717, 1.165) is 75.0 Å². The van der Waals surface area contributed by atoms with Gasteiger partial charge in [0.15, 0.2) is 23.2 Å². The van der Waals surface area contributed by atoms with Crippen LogP contribution in [0.1, 0.15) is 125 Å². The van der Waals surface area contributed by atoms with Crippen LogP contribution in [0.3, 0.4) is 0 Å². The number of aryl methyl sites for hydroxylation is 1. The summed E-state index contributed by atoms with van der Waals surface area (Å²) < 4.78 is 62.8. The third-order valence-corrected chi connectivity index (χ3v) is 10.7. The first-order chi connectivity index (χ1) is 19.4. The maximum Gasteiger partial charge on any atom is 0.200 e. The molecule has 0 heterocycles. The van der Waals surface area contributed by atoms with Crippen molar-refractivity contribution in [1.29, 1.82) is 0 Å². The molecule has 0 aromatic heterocycles. The Hall–Kier alpha value is -2.04. The van der Waals surface area contributed by atoms with Crippen LogP contribution in [0.25, 0.3) is 0 Å². The van der Waals surface area contributed by atoms with Crippen LogP contribution in [0.15, 0.2) is 24.3 Å². The number of halogens is 4. The highest BCUT2D eigenvalue weighted by Gasteiger charge is 2.33. The van der Waals surface area contributed by atoms with Crippen molar-refractivity contribution >= 4 is 0 Å². The van der Waals surface area contributed by atoms with Gasteiger partial charge in [0.1, 0.15) is 0 Å². The molecular weight excluding hydrogens is 512 g/mol. The van der Waals surface area contributed by atoms with E-state index in [4.69, 9.17) is 4.74 Å². The molecule has 220 valence electrons. The van der Waals surface area contributed by atoms with Crippen molar-refractivity contribution in [2.75, 3.05) is 6.61 Å². The molecule has 0 aliphatic heterocycles. The standard InChI is InChI=1S/C35H46F4O/c1-3-40-31-21-20-30(34(38)35(31)39)28-17-15-26(16-18-28)25-11-7-23(8-12-25)5-6-24-9-13-27(14-10-24)29-19-4-22(2)32(36)33(29)37/h4,19-21,23-28H,3,5-18H2,1-2H3. The number of hydrogen-bond acceptors (Lipinski definition) is 1. The van der Waals surface area contributed by atoms with Gasteiger partial charge in [0.05, 0.1) is 6.61 Å². The van der Waals surface area contributed by atoms with Crippen LogP contribution < -0.4 is 4.74 Å². The van der Waals surface area contributed by atoms with Crippen LogP contribution in [-0.2, 0) is 0 Å². The minimum Gasteiger partial charge on any atom is -0.491 e. The molecule has 0 radical (unpaired) electrons. The highest BCUT2D eigenvalue weighted by molar-refractivity contribution is 5.33. The van der Waals surface area contributed by atoms with E-state index in [2.05, 4.69) is 0 Å². The molecule has 5 heteroatoms. The van der Waals surface area contributed by atoms with Crippen molar-refractivity contribution in [3.63, 3.8) is 0 Å². The van der Waals surface area contributed by atoms with Gasteiger partial charge in [0, 0.05) is 0 Å². The Bertz CT molecular complexity index is 1120. The minimum absolute atomic E-state index is 0.0104. The first kappa shape index (κ1) is 29.5. The maximum absolute atomic E-state index is 14.7. The zero-order valence-electron chi connectivity index (χ0n) is 24.3. The van der Waals surface area contributed by atoms with Crippen molar-refractivity contribution in [1.82, 2.24) is 0 Å². The van der Waals surface area contributed by atoms with Crippen molar-refractivity contribution in [3.8, 4) is 5.75 Å². The van der Waals surface area contributed by atoms with E-state index in [1.165, 1.54) is 38.5 Å². The molecule has 0 bridgehead atoms. The lowest BCUT2D eigenvalue weighted by molar-refractivity contribution is 0.150. The fourth-order valence-electron chi connectivity index (χ4n) is 8.19. The van der Waals surface area contributed by atoms with Gasteiger partial charge in [-0.25, -0.2) is 13.2 Å². The summed E-state index contributed by atoms with van der Waals surface area (Å²) in [7, 11) is 0. The van der Waals surface area contributed by atoms with Crippen LogP contribution in [0.2, 0.25) is 0 Å². The van der Waals surface area contributed by atoms with Gasteiger partial charge < -0.3 is 4.74 Å². The SMILES string of the molecule is CCOc1ccc(C2CCC(C3CCC(CCC4CCC(c5ccc(C)c(F)c5F)CC4)CC3)CC2)c(F)c1F. The summed E-state index contributed by atoms with van der Waals surface area (Å²) in [5, 5.41) is 0. The van der Waals surface area contributed by atoms with E-state index in [-0.39, 0.29) is 17.6 Å². The topological polar surface area (TPSA) is 9.23 Å². The Kier molecular flexibility index (Phi) is 9.79. The summed E-state index contributed by atoms with van der Waals surface area (Å²) in [6.45, 7) is 3.71. The van der Waals surface area contributed by atoms with Gasteiger partial charge in [-0.15, -0.1) is 0 Å². The fourth-order valence-corrected chi connectivity index (χ4v) is 8.19. The quantitative estimate of drug-likeness (QED) is 0.293. The van der Waals surface area contributed by atoms with Crippen LogP contribution in [0, 0.1) is 53.9 Å². The van der Waals surface area contributed by atoms with E-state index in [0.29, 0.717) is 23.3 Å². The lowest BCUT2D eigenvalue weighted by Gasteiger charge is -2.38. The molecule has 5 rings (SSSR count).